The zero-order chi connectivity index (χ0) is 24.0. The third-order valence-electron chi connectivity index (χ3n) is 4.26. The third kappa shape index (κ3) is 7.10. The summed E-state index contributed by atoms with van der Waals surface area (Å²) in [5.41, 5.74) is 1.67. The van der Waals surface area contributed by atoms with Crippen LogP contribution < -0.4 is 20.7 Å². The number of anilines is 2. The fourth-order valence-corrected chi connectivity index (χ4v) is 3.42. The molecule has 2 amide bonds. The van der Waals surface area contributed by atoms with E-state index in [-0.39, 0.29) is 22.9 Å². The van der Waals surface area contributed by atoms with Crippen LogP contribution in [0.2, 0.25) is 0 Å². The van der Waals surface area contributed by atoms with Gasteiger partial charge in [-0.05, 0) is 86.7 Å². The molecule has 9 heteroatoms. The molecule has 0 bridgehead atoms. The molecule has 0 saturated heterocycles. The molecule has 0 unspecified atom stereocenters. The van der Waals surface area contributed by atoms with Crippen LogP contribution >= 0.6 is 28.1 Å². The van der Waals surface area contributed by atoms with Crippen LogP contribution in [0.4, 0.5) is 15.8 Å². The lowest BCUT2D eigenvalue weighted by Gasteiger charge is -2.15. The van der Waals surface area contributed by atoms with E-state index in [9.17, 15) is 14.0 Å². The van der Waals surface area contributed by atoms with Crippen molar-refractivity contribution in [2.75, 3.05) is 10.6 Å². The Balaban J connectivity index is 1.66. The summed E-state index contributed by atoms with van der Waals surface area (Å²) in [6.45, 7) is 3.74. The van der Waals surface area contributed by atoms with E-state index >= 15 is 0 Å². The van der Waals surface area contributed by atoms with Gasteiger partial charge in [-0.1, -0.05) is 22.0 Å². The first-order chi connectivity index (χ1) is 15.7. The van der Waals surface area contributed by atoms with Gasteiger partial charge in [-0.3, -0.25) is 14.9 Å². The maximum atomic E-state index is 13.0. The Morgan fingerprint density at radius 2 is 1.67 bits per heavy atom. The molecule has 0 spiro atoms. The average molecular weight is 530 g/mol. The monoisotopic (exact) mass is 529 g/mol. The molecule has 0 aliphatic rings. The molecule has 3 aromatic carbocycles. The first kappa shape index (κ1) is 24.3. The summed E-state index contributed by atoms with van der Waals surface area (Å²) in [4.78, 5) is 25.3. The number of carbonyl (C=O) groups is 2. The van der Waals surface area contributed by atoms with Gasteiger partial charge in [-0.2, -0.15) is 0 Å². The van der Waals surface area contributed by atoms with E-state index in [1.165, 1.54) is 24.3 Å². The molecule has 3 rings (SSSR count). The van der Waals surface area contributed by atoms with Gasteiger partial charge in [-0.15, -0.1) is 0 Å². The molecule has 0 heterocycles. The maximum absolute atomic E-state index is 13.0. The number of carbonyl (C=O) groups excluding carboxylic acids is 2. The van der Waals surface area contributed by atoms with E-state index < -0.39 is 5.91 Å². The Kier molecular flexibility index (Phi) is 8.13. The summed E-state index contributed by atoms with van der Waals surface area (Å²) in [6.07, 6.45) is -0.105. The Morgan fingerprint density at radius 1 is 0.939 bits per heavy atom. The molecule has 0 aliphatic carbocycles. The fraction of sp³-hybridized carbons (Fsp3) is 0.125. The number of halogens is 2. The third-order valence-corrected chi connectivity index (χ3v) is 4.96. The standard InChI is InChI=1S/C24H21BrFN3O3S/c1-14(2)32-21-11-6-16(25)13-20(21)23(31)29-24(33)28-19-5-3-4-15(12-19)22(30)27-18-9-7-17(26)8-10-18/h3-14H,1-2H3,(H,27,30)(H2,28,29,31,33). The number of nitrogens with one attached hydrogen (secondary N) is 3. The van der Waals surface area contributed by atoms with Crippen molar-refractivity contribution >= 4 is 56.4 Å². The lowest BCUT2D eigenvalue weighted by molar-refractivity contribution is 0.0970. The van der Waals surface area contributed by atoms with Crippen LogP contribution in [0.3, 0.4) is 0 Å². The zero-order valence-electron chi connectivity index (χ0n) is 17.8. The molecular formula is C24H21BrFN3O3S. The van der Waals surface area contributed by atoms with Crippen molar-refractivity contribution in [1.82, 2.24) is 5.32 Å². The molecule has 0 fully saturated rings. The molecule has 6 nitrogen and oxygen atoms in total. The molecule has 170 valence electrons. The Labute approximate surface area is 204 Å². The van der Waals surface area contributed by atoms with Gasteiger partial charge >= 0.3 is 0 Å². The molecular weight excluding hydrogens is 509 g/mol. The van der Waals surface area contributed by atoms with Crippen LogP contribution in [0, 0.1) is 5.82 Å². The highest BCUT2D eigenvalue weighted by atomic mass is 79.9. The first-order valence-corrected chi connectivity index (χ1v) is 11.2. The van der Waals surface area contributed by atoms with Crippen molar-refractivity contribution in [3.05, 3.63) is 88.1 Å². The summed E-state index contributed by atoms with van der Waals surface area (Å²) in [7, 11) is 0. The summed E-state index contributed by atoms with van der Waals surface area (Å²) in [5.74, 6) is -0.757. The maximum Gasteiger partial charge on any atom is 0.261 e. The van der Waals surface area contributed by atoms with Crippen molar-refractivity contribution in [2.24, 2.45) is 0 Å². The van der Waals surface area contributed by atoms with Crippen molar-refractivity contribution < 1.29 is 18.7 Å². The minimum atomic E-state index is -0.436. The predicted molar refractivity (Wildman–Crippen MR) is 134 cm³/mol. The quantitative estimate of drug-likeness (QED) is 0.354. The van der Waals surface area contributed by atoms with Crippen molar-refractivity contribution in [1.29, 1.82) is 0 Å². The Bertz CT molecular complexity index is 1190. The number of thiocarbonyl (C=S) groups is 1. The van der Waals surface area contributed by atoms with Gasteiger partial charge in [-0.25, -0.2) is 4.39 Å². The van der Waals surface area contributed by atoms with Gasteiger partial charge in [0.25, 0.3) is 11.8 Å². The number of ether oxygens (including phenoxy) is 1. The Hall–Kier alpha value is -3.30. The minimum absolute atomic E-state index is 0.0616. The van der Waals surface area contributed by atoms with Crippen molar-refractivity contribution in [3.63, 3.8) is 0 Å². The fourth-order valence-electron chi connectivity index (χ4n) is 2.84. The second kappa shape index (κ2) is 11.0. The topological polar surface area (TPSA) is 79.5 Å². The summed E-state index contributed by atoms with van der Waals surface area (Å²) < 4.78 is 19.5. The summed E-state index contributed by atoms with van der Waals surface area (Å²) >= 11 is 8.63. The van der Waals surface area contributed by atoms with Crippen LogP contribution in [-0.4, -0.2) is 23.0 Å². The van der Waals surface area contributed by atoms with E-state index in [4.69, 9.17) is 17.0 Å². The number of hydrogen-bond acceptors (Lipinski definition) is 4. The van der Waals surface area contributed by atoms with E-state index in [1.807, 2.05) is 13.8 Å². The van der Waals surface area contributed by atoms with Crippen molar-refractivity contribution in [2.45, 2.75) is 20.0 Å². The summed E-state index contributed by atoms with van der Waals surface area (Å²) in [6, 6.07) is 17.2. The second-order valence-corrected chi connectivity index (χ2v) is 8.58. The second-order valence-electron chi connectivity index (χ2n) is 7.26. The molecule has 3 aromatic rings. The van der Waals surface area contributed by atoms with E-state index in [2.05, 4.69) is 31.9 Å². The Morgan fingerprint density at radius 3 is 2.36 bits per heavy atom. The van der Waals surface area contributed by atoms with Gasteiger partial charge in [0.15, 0.2) is 5.11 Å². The molecule has 0 aliphatic heterocycles. The molecule has 0 aromatic heterocycles. The first-order valence-electron chi connectivity index (χ1n) is 9.97. The molecule has 3 N–H and O–H groups in total. The van der Waals surface area contributed by atoms with Crippen LogP contribution in [-0.2, 0) is 0 Å². The largest absolute Gasteiger partial charge is 0.490 e. The van der Waals surface area contributed by atoms with E-state index in [1.54, 1.807) is 42.5 Å². The predicted octanol–water partition coefficient (Wildman–Crippen LogP) is 5.75. The smallest absolute Gasteiger partial charge is 0.261 e. The van der Waals surface area contributed by atoms with Crippen molar-refractivity contribution in [3.8, 4) is 5.75 Å². The summed E-state index contributed by atoms with van der Waals surface area (Å²) in [5, 5.41) is 8.28. The van der Waals surface area contributed by atoms with Gasteiger partial charge in [0, 0.05) is 21.4 Å². The van der Waals surface area contributed by atoms with Gasteiger partial charge in [0.05, 0.1) is 11.7 Å². The lowest BCUT2D eigenvalue weighted by atomic mass is 10.1. The van der Waals surface area contributed by atoms with E-state index in [0.29, 0.717) is 28.3 Å². The average Bonchev–Trinajstić information content (AvgIpc) is 2.76. The van der Waals surface area contributed by atoms with Crippen LogP contribution in [0.15, 0.2) is 71.2 Å². The minimum Gasteiger partial charge on any atom is -0.490 e. The molecule has 33 heavy (non-hydrogen) atoms. The van der Waals surface area contributed by atoms with Gasteiger partial charge < -0.3 is 15.4 Å². The van der Waals surface area contributed by atoms with Gasteiger partial charge in [0.1, 0.15) is 11.6 Å². The number of amides is 2. The van der Waals surface area contributed by atoms with Crippen LogP contribution in [0.5, 0.6) is 5.75 Å². The number of hydrogen-bond donors (Lipinski definition) is 3. The van der Waals surface area contributed by atoms with Crippen LogP contribution in [0.1, 0.15) is 34.6 Å². The SMILES string of the molecule is CC(C)Oc1ccc(Br)cc1C(=O)NC(=S)Nc1cccc(C(=O)Nc2ccc(F)cc2)c1. The van der Waals surface area contributed by atoms with E-state index in [0.717, 1.165) is 4.47 Å². The lowest BCUT2D eigenvalue weighted by Crippen LogP contribution is -2.34. The van der Waals surface area contributed by atoms with Crippen LogP contribution in [0.25, 0.3) is 0 Å². The highest BCUT2D eigenvalue weighted by molar-refractivity contribution is 9.10. The number of benzene rings is 3. The normalized spacial score (nSPS) is 10.5. The highest BCUT2D eigenvalue weighted by Crippen LogP contribution is 2.24. The zero-order valence-corrected chi connectivity index (χ0v) is 20.2. The highest BCUT2D eigenvalue weighted by Gasteiger charge is 2.16. The van der Waals surface area contributed by atoms with Gasteiger partial charge in [0.2, 0.25) is 0 Å². The number of rotatable bonds is 6. The molecule has 0 radical (unpaired) electrons. The molecule has 0 saturated carbocycles. The molecule has 0 atom stereocenters.